The molecule has 0 saturated heterocycles. The molecule has 1 rings (SSSR count). The average molecular weight is 277 g/mol. The van der Waals surface area contributed by atoms with Crippen molar-refractivity contribution in [2.75, 3.05) is 6.54 Å². The number of amides is 1. The van der Waals surface area contributed by atoms with Crippen molar-refractivity contribution < 1.29 is 10.0 Å². The number of carbonyl (C=O) groups excluding carboxylic acids is 1. The number of nitrogens with two attached hydrogens (primary N) is 1. The zero-order valence-corrected chi connectivity index (χ0v) is 12.5. The average Bonchev–Trinajstić information content (AvgIpc) is 2.39. The highest BCUT2D eigenvalue weighted by Crippen LogP contribution is 2.14. The first-order valence-electron chi connectivity index (χ1n) is 6.57. The van der Waals surface area contributed by atoms with Crippen molar-refractivity contribution in [1.82, 2.24) is 5.32 Å². The van der Waals surface area contributed by atoms with Crippen LogP contribution in [-0.4, -0.2) is 23.5 Å². The summed E-state index contributed by atoms with van der Waals surface area (Å²) in [6.07, 6.45) is 0.333. The molecule has 0 saturated carbocycles. The predicted octanol–water partition coefficient (Wildman–Crippen LogP) is 1.73. The summed E-state index contributed by atoms with van der Waals surface area (Å²) in [4.78, 5) is 12.0. The van der Waals surface area contributed by atoms with Gasteiger partial charge in [0, 0.05) is 12.0 Å². The summed E-state index contributed by atoms with van der Waals surface area (Å²) in [6, 6.07) is 6.06. The molecule has 1 aromatic carbocycles. The van der Waals surface area contributed by atoms with Gasteiger partial charge in [-0.15, -0.1) is 0 Å². The molecular weight excluding hydrogens is 254 g/mol. The maximum absolute atomic E-state index is 12.0. The number of benzene rings is 1. The van der Waals surface area contributed by atoms with Crippen molar-refractivity contribution in [2.24, 2.45) is 16.3 Å². The summed E-state index contributed by atoms with van der Waals surface area (Å²) in [7, 11) is 0. The first-order valence-corrected chi connectivity index (χ1v) is 6.57. The fourth-order valence-electron chi connectivity index (χ4n) is 1.77. The summed E-state index contributed by atoms with van der Waals surface area (Å²) in [5.74, 6) is 0.0297. The number of oxime groups is 1. The standard InChI is InChI=1S/C15H23N3O2/c1-10-5-6-11(2)12(7-10)8-13(19)17-9-15(3,4)14(16)18-20/h5-7,20H,8-9H2,1-4H3,(H2,16,18)(H,17,19). The van der Waals surface area contributed by atoms with Crippen LogP contribution in [0.3, 0.4) is 0 Å². The van der Waals surface area contributed by atoms with Crippen molar-refractivity contribution >= 4 is 11.7 Å². The second-order valence-corrected chi connectivity index (χ2v) is 5.75. The van der Waals surface area contributed by atoms with Crippen LogP contribution in [0.1, 0.15) is 30.5 Å². The van der Waals surface area contributed by atoms with E-state index in [0.717, 1.165) is 16.7 Å². The maximum atomic E-state index is 12.0. The van der Waals surface area contributed by atoms with Gasteiger partial charge in [0.2, 0.25) is 5.91 Å². The largest absolute Gasteiger partial charge is 0.409 e. The van der Waals surface area contributed by atoms with E-state index in [-0.39, 0.29) is 11.7 Å². The third-order valence-electron chi connectivity index (χ3n) is 3.38. The van der Waals surface area contributed by atoms with Crippen molar-refractivity contribution in [1.29, 1.82) is 0 Å². The smallest absolute Gasteiger partial charge is 0.224 e. The molecule has 0 aliphatic carbocycles. The topological polar surface area (TPSA) is 87.7 Å². The number of nitrogens with one attached hydrogen (secondary N) is 1. The lowest BCUT2D eigenvalue weighted by atomic mass is 9.92. The Kier molecular flexibility index (Phi) is 5.13. The third kappa shape index (κ3) is 4.26. The number of hydrogen-bond acceptors (Lipinski definition) is 3. The Morgan fingerprint density at radius 3 is 2.65 bits per heavy atom. The minimum atomic E-state index is -0.577. The Labute approximate surface area is 119 Å². The summed E-state index contributed by atoms with van der Waals surface area (Å²) >= 11 is 0. The summed E-state index contributed by atoms with van der Waals surface area (Å²) in [5, 5.41) is 14.5. The molecule has 0 spiro atoms. The molecule has 1 aromatic rings. The van der Waals surface area contributed by atoms with E-state index in [1.54, 1.807) is 13.8 Å². The molecule has 1 amide bonds. The second kappa shape index (κ2) is 6.41. The van der Waals surface area contributed by atoms with E-state index in [1.807, 2.05) is 32.0 Å². The fourth-order valence-corrected chi connectivity index (χ4v) is 1.77. The van der Waals surface area contributed by atoms with Crippen molar-refractivity contribution in [3.8, 4) is 0 Å². The highest BCUT2D eigenvalue weighted by atomic mass is 16.4. The van der Waals surface area contributed by atoms with Crippen molar-refractivity contribution in [3.63, 3.8) is 0 Å². The summed E-state index contributed by atoms with van der Waals surface area (Å²) < 4.78 is 0. The molecule has 5 nitrogen and oxygen atoms in total. The SMILES string of the molecule is Cc1ccc(C)c(CC(=O)NCC(C)(C)/C(N)=N/O)c1. The van der Waals surface area contributed by atoms with Gasteiger partial charge < -0.3 is 16.3 Å². The monoisotopic (exact) mass is 277 g/mol. The van der Waals surface area contributed by atoms with Crippen molar-refractivity contribution in [2.45, 2.75) is 34.1 Å². The highest BCUT2D eigenvalue weighted by Gasteiger charge is 2.24. The van der Waals surface area contributed by atoms with Gasteiger partial charge in [-0.05, 0) is 25.0 Å². The molecule has 0 aromatic heterocycles. The van der Waals surface area contributed by atoms with Gasteiger partial charge in [-0.3, -0.25) is 4.79 Å². The number of nitrogens with zero attached hydrogens (tertiary/aromatic N) is 1. The van der Waals surface area contributed by atoms with E-state index in [0.29, 0.717) is 13.0 Å². The number of carbonyl (C=O) groups is 1. The minimum absolute atomic E-state index is 0.0717. The molecule has 0 unspecified atom stereocenters. The molecule has 0 aliphatic heterocycles. The molecule has 0 aliphatic rings. The van der Waals surface area contributed by atoms with E-state index in [4.69, 9.17) is 10.9 Å². The summed E-state index contributed by atoms with van der Waals surface area (Å²) in [6.45, 7) is 7.93. The van der Waals surface area contributed by atoms with Crippen LogP contribution in [-0.2, 0) is 11.2 Å². The number of rotatable bonds is 5. The number of amidine groups is 1. The summed E-state index contributed by atoms with van der Waals surface area (Å²) in [5.41, 5.74) is 8.26. The first kappa shape index (κ1) is 16.0. The Morgan fingerprint density at radius 2 is 2.05 bits per heavy atom. The molecule has 0 radical (unpaired) electrons. The molecule has 0 heterocycles. The molecule has 5 heteroatoms. The Hall–Kier alpha value is -2.04. The fraction of sp³-hybridized carbons (Fsp3) is 0.467. The van der Waals surface area contributed by atoms with Gasteiger partial charge in [0.1, 0.15) is 5.84 Å². The maximum Gasteiger partial charge on any atom is 0.224 e. The molecule has 4 N–H and O–H groups in total. The molecule has 110 valence electrons. The Morgan fingerprint density at radius 1 is 1.40 bits per heavy atom. The lowest BCUT2D eigenvalue weighted by molar-refractivity contribution is -0.120. The van der Waals surface area contributed by atoms with Gasteiger partial charge in [0.15, 0.2) is 0 Å². The Bertz CT molecular complexity index is 522. The van der Waals surface area contributed by atoms with Gasteiger partial charge in [-0.25, -0.2) is 0 Å². The van der Waals surface area contributed by atoms with Crippen LogP contribution >= 0.6 is 0 Å². The minimum Gasteiger partial charge on any atom is -0.409 e. The van der Waals surface area contributed by atoms with Crippen molar-refractivity contribution in [3.05, 3.63) is 34.9 Å². The molecule has 0 fully saturated rings. The van der Waals surface area contributed by atoms with Crippen LogP contribution in [0.4, 0.5) is 0 Å². The number of aryl methyl sites for hydroxylation is 2. The lowest BCUT2D eigenvalue weighted by Gasteiger charge is -2.23. The van der Waals surface area contributed by atoms with Crippen LogP contribution in [0, 0.1) is 19.3 Å². The van der Waals surface area contributed by atoms with Crippen LogP contribution in [0.2, 0.25) is 0 Å². The zero-order chi connectivity index (χ0) is 15.3. The third-order valence-corrected chi connectivity index (χ3v) is 3.38. The quantitative estimate of drug-likeness (QED) is 0.331. The van der Waals surface area contributed by atoms with E-state index in [9.17, 15) is 4.79 Å². The number of hydrogen-bond donors (Lipinski definition) is 3. The van der Waals surface area contributed by atoms with Crippen LogP contribution in [0.5, 0.6) is 0 Å². The van der Waals surface area contributed by atoms with E-state index in [1.165, 1.54) is 0 Å². The van der Waals surface area contributed by atoms with E-state index in [2.05, 4.69) is 10.5 Å². The highest BCUT2D eigenvalue weighted by molar-refractivity contribution is 5.86. The molecule has 0 atom stereocenters. The zero-order valence-electron chi connectivity index (χ0n) is 12.5. The van der Waals surface area contributed by atoms with E-state index < -0.39 is 5.41 Å². The van der Waals surface area contributed by atoms with Gasteiger partial charge in [0.25, 0.3) is 0 Å². The first-order chi connectivity index (χ1) is 9.26. The van der Waals surface area contributed by atoms with Gasteiger partial charge >= 0.3 is 0 Å². The Balaban J connectivity index is 2.63. The van der Waals surface area contributed by atoms with Crippen LogP contribution in [0.15, 0.2) is 23.4 Å². The molecule has 20 heavy (non-hydrogen) atoms. The van der Waals surface area contributed by atoms with Crippen LogP contribution in [0.25, 0.3) is 0 Å². The second-order valence-electron chi connectivity index (χ2n) is 5.75. The van der Waals surface area contributed by atoms with Gasteiger partial charge in [0.05, 0.1) is 6.42 Å². The normalized spacial score (nSPS) is 12.3. The van der Waals surface area contributed by atoms with Gasteiger partial charge in [-0.2, -0.15) is 0 Å². The van der Waals surface area contributed by atoms with E-state index >= 15 is 0 Å². The molecular formula is C15H23N3O2. The lowest BCUT2D eigenvalue weighted by Crippen LogP contribution is -2.43. The van der Waals surface area contributed by atoms with Crippen LogP contribution < -0.4 is 11.1 Å². The predicted molar refractivity (Wildman–Crippen MR) is 79.8 cm³/mol. The van der Waals surface area contributed by atoms with Gasteiger partial charge in [-0.1, -0.05) is 42.8 Å². The molecule has 0 bridgehead atoms.